The van der Waals surface area contributed by atoms with Crippen molar-refractivity contribution in [3.8, 4) is 5.75 Å². The van der Waals surface area contributed by atoms with E-state index in [1.165, 1.54) is 14.0 Å². The number of ether oxygens (including phenoxy) is 1. The van der Waals surface area contributed by atoms with Crippen LogP contribution < -0.4 is 15.4 Å². The summed E-state index contributed by atoms with van der Waals surface area (Å²) in [7, 11) is 1.53. The summed E-state index contributed by atoms with van der Waals surface area (Å²) in [6, 6.07) is 3.25. The van der Waals surface area contributed by atoms with E-state index in [4.69, 9.17) is 16.3 Å². The third kappa shape index (κ3) is 3.82. The normalized spacial score (nSPS) is 17.3. The van der Waals surface area contributed by atoms with E-state index in [-0.39, 0.29) is 18.0 Å². The van der Waals surface area contributed by atoms with Crippen molar-refractivity contribution in [2.24, 2.45) is 0 Å². The molecule has 1 atom stereocenters. The number of carbonyl (C=O) groups is 2. The van der Waals surface area contributed by atoms with E-state index in [2.05, 4.69) is 10.6 Å². The van der Waals surface area contributed by atoms with Crippen LogP contribution in [0.25, 0.3) is 0 Å². The number of benzene rings is 1. The fraction of sp³-hybridized carbons (Fsp3) is 0.467. The predicted octanol–water partition coefficient (Wildman–Crippen LogP) is 2.40. The lowest BCUT2D eigenvalue weighted by molar-refractivity contribution is -0.119. The average molecular weight is 326 g/mol. The monoisotopic (exact) mass is 325 g/mol. The van der Waals surface area contributed by atoms with Gasteiger partial charge in [-0.1, -0.05) is 11.6 Å². The second-order valence-corrected chi connectivity index (χ2v) is 5.77. The molecule has 1 heterocycles. The number of nitrogens with one attached hydrogen (secondary N) is 2. The van der Waals surface area contributed by atoms with Gasteiger partial charge in [-0.15, -0.1) is 0 Å². The van der Waals surface area contributed by atoms with Crippen LogP contribution in [0.3, 0.4) is 0 Å². The molecule has 0 bridgehead atoms. The zero-order valence-electron chi connectivity index (χ0n) is 12.9. The largest absolute Gasteiger partial charge is 0.495 e. The van der Waals surface area contributed by atoms with Crippen LogP contribution in [0.4, 0.5) is 10.5 Å². The van der Waals surface area contributed by atoms with Crippen molar-refractivity contribution in [3.63, 3.8) is 0 Å². The van der Waals surface area contributed by atoms with Crippen LogP contribution in [-0.4, -0.2) is 43.1 Å². The molecule has 0 aromatic heterocycles. The molecule has 0 spiro atoms. The summed E-state index contributed by atoms with van der Waals surface area (Å²) in [4.78, 5) is 25.1. The first kappa shape index (κ1) is 16.4. The molecule has 22 heavy (non-hydrogen) atoms. The van der Waals surface area contributed by atoms with E-state index in [0.717, 1.165) is 12.0 Å². The van der Waals surface area contributed by atoms with Crippen LogP contribution in [0.15, 0.2) is 12.1 Å². The number of urea groups is 1. The highest BCUT2D eigenvalue weighted by molar-refractivity contribution is 6.31. The third-order valence-corrected chi connectivity index (χ3v) is 4.01. The topological polar surface area (TPSA) is 70.7 Å². The number of rotatable bonds is 3. The van der Waals surface area contributed by atoms with Gasteiger partial charge in [-0.3, -0.25) is 4.79 Å². The zero-order chi connectivity index (χ0) is 16.3. The Morgan fingerprint density at radius 1 is 1.41 bits per heavy atom. The molecule has 1 aliphatic rings. The molecule has 1 fully saturated rings. The highest BCUT2D eigenvalue weighted by Gasteiger charge is 2.27. The molecule has 3 amide bonds. The van der Waals surface area contributed by atoms with E-state index in [0.29, 0.717) is 29.5 Å². The van der Waals surface area contributed by atoms with E-state index >= 15 is 0 Å². The van der Waals surface area contributed by atoms with Crippen LogP contribution in [0.5, 0.6) is 5.75 Å². The Morgan fingerprint density at radius 2 is 2.14 bits per heavy atom. The van der Waals surface area contributed by atoms with Gasteiger partial charge in [-0.25, -0.2) is 4.79 Å². The molecule has 1 aromatic rings. The Kier molecular flexibility index (Phi) is 5.13. The lowest BCUT2D eigenvalue weighted by Gasteiger charge is -2.19. The lowest BCUT2D eigenvalue weighted by atomic mass is 10.2. The predicted molar refractivity (Wildman–Crippen MR) is 85.6 cm³/mol. The molecule has 0 unspecified atom stereocenters. The number of hydrogen-bond donors (Lipinski definition) is 2. The molecule has 6 nitrogen and oxygen atoms in total. The summed E-state index contributed by atoms with van der Waals surface area (Å²) in [5.41, 5.74) is 1.44. The molecule has 1 aliphatic heterocycles. The maximum absolute atomic E-state index is 12.3. The van der Waals surface area contributed by atoms with Crippen molar-refractivity contribution in [2.75, 3.05) is 25.5 Å². The Bertz CT molecular complexity index is 592. The summed E-state index contributed by atoms with van der Waals surface area (Å²) >= 11 is 6.05. The smallest absolute Gasteiger partial charge is 0.322 e. The SMILES string of the molecule is COc1cc(Cl)c(C)cc1NC(=O)N1CC[C@@H](NC(C)=O)C1. The molecular formula is C15H20ClN3O3. The van der Waals surface area contributed by atoms with Crippen molar-refractivity contribution >= 4 is 29.2 Å². The summed E-state index contributed by atoms with van der Waals surface area (Å²) in [6.07, 6.45) is 0.754. The van der Waals surface area contributed by atoms with Gasteiger partial charge in [0.05, 0.1) is 12.8 Å². The van der Waals surface area contributed by atoms with Crippen molar-refractivity contribution in [3.05, 3.63) is 22.7 Å². The van der Waals surface area contributed by atoms with Gasteiger partial charge >= 0.3 is 6.03 Å². The first-order valence-electron chi connectivity index (χ1n) is 7.08. The van der Waals surface area contributed by atoms with Gasteiger partial charge in [0, 0.05) is 37.1 Å². The Balaban J connectivity index is 2.04. The molecular weight excluding hydrogens is 306 g/mol. The van der Waals surface area contributed by atoms with E-state index in [1.54, 1.807) is 17.0 Å². The molecule has 120 valence electrons. The highest BCUT2D eigenvalue weighted by Crippen LogP contribution is 2.31. The van der Waals surface area contributed by atoms with Crippen molar-refractivity contribution < 1.29 is 14.3 Å². The number of carbonyl (C=O) groups excluding carboxylic acids is 2. The van der Waals surface area contributed by atoms with Crippen LogP contribution in [-0.2, 0) is 4.79 Å². The molecule has 0 saturated carbocycles. The lowest BCUT2D eigenvalue weighted by Crippen LogP contribution is -2.38. The molecule has 2 N–H and O–H groups in total. The molecule has 7 heteroatoms. The van der Waals surface area contributed by atoms with Gasteiger partial charge in [0.1, 0.15) is 5.75 Å². The summed E-state index contributed by atoms with van der Waals surface area (Å²) in [6.45, 7) is 4.44. The Hall–Kier alpha value is -1.95. The number of hydrogen-bond acceptors (Lipinski definition) is 3. The quantitative estimate of drug-likeness (QED) is 0.896. The fourth-order valence-corrected chi connectivity index (χ4v) is 2.63. The van der Waals surface area contributed by atoms with Crippen LogP contribution in [0.1, 0.15) is 18.9 Å². The molecule has 1 saturated heterocycles. The zero-order valence-corrected chi connectivity index (χ0v) is 13.7. The third-order valence-electron chi connectivity index (χ3n) is 3.61. The maximum Gasteiger partial charge on any atom is 0.322 e. The number of halogens is 1. The fourth-order valence-electron chi connectivity index (χ4n) is 2.47. The van der Waals surface area contributed by atoms with Gasteiger partial charge in [0.15, 0.2) is 0 Å². The van der Waals surface area contributed by atoms with E-state index in [9.17, 15) is 9.59 Å². The average Bonchev–Trinajstić information content (AvgIpc) is 2.90. The molecule has 2 rings (SSSR count). The van der Waals surface area contributed by atoms with Gasteiger partial charge in [-0.05, 0) is 25.0 Å². The van der Waals surface area contributed by atoms with E-state index < -0.39 is 0 Å². The van der Waals surface area contributed by atoms with Gasteiger partial charge in [0.25, 0.3) is 0 Å². The molecule has 0 aliphatic carbocycles. The standard InChI is InChI=1S/C15H20ClN3O3/c1-9-6-13(14(22-3)7-12(9)16)18-15(21)19-5-4-11(8-19)17-10(2)20/h6-7,11H,4-5,8H2,1-3H3,(H,17,20)(H,18,21)/t11-/m1/s1. The number of nitrogens with zero attached hydrogens (tertiary/aromatic N) is 1. The van der Waals surface area contributed by atoms with Gasteiger partial charge < -0.3 is 20.3 Å². The first-order valence-corrected chi connectivity index (χ1v) is 7.45. The van der Waals surface area contributed by atoms with Crippen LogP contribution in [0.2, 0.25) is 5.02 Å². The number of aryl methyl sites for hydroxylation is 1. The number of amides is 3. The Labute approximate surface area is 134 Å². The maximum atomic E-state index is 12.3. The van der Waals surface area contributed by atoms with Gasteiger partial charge in [-0.2, -0.15) is 0 Å². The number of anilines is 1. The van der Waals surface area contributed by atoms with Crippen LogP contribution >= 0.6 is 11.6 Å². The minimum Gasteiger partial charge on any atom is -0.495 e. The van der Waals surface area contributed by atoms with Crippen molar-refractivity contribution in [1.29, 1.82) is 0 Å². The first-order chi connectivity index (χ1) is 10.4. The molecule has 0 radical (unpaired) electrons. The van der Waals surface area contributed by atoms with Crippen molar-refractivity contribution in [2.45, 2.75) is 26.3 Å². The number of likely N-dealkylation sites (tertiary alicyclic amines) is 1. The second-order valence-electron chi connectivity index (χ2n) is 5.36. The van der Waals surface area contributed by atoms with Crippen LogP contribution in [0, 0.1) is 6.92 Å². The molecule has 1 aromatic carbocycles. The second kappa shape index (κ2) is 6.87. The summed E-state index contributed by atoms with van der Waals surface area (Å²) in [5.74, 6) is 0.434. The van der Waals surface area contributed by atoms with Crippen molar-refractivity contribution in [1.82, 2.24) is 10.2 Å². The highest BCUT2D eigenvalue weighted by atomic mass is 35.5. The van der Waals surface area contributed by atoms with E-state index in [1.807, 2.05) is 6.92 Å². The summed E-state index contributed by atoms with van der Waals surface area (Å²) < 4.78 is 5.24. The Morgan fingerprint density at radius 3 is 2.77 bits per heavy atom. The minimum absolute atomic E-state index is 0.0112. The minimum atomic E-state index is -0.215. The number of methoxy groups -OCH3 is 1. The van der Waals surface area contributed by atoms with Gasteiger partial charge in [0.2, 0.25) is 5.91 Å². The summed E-state index contributed by atoms with van der Waals surface area (Å²) in [5, 5.41) is 6.25.